The lowest BCUT2D eigenvalue weighted by atomic mass is 10.0. The number of imidazole rings is 1. The van der Waals surface area contributed by atoms with Gasteiger partial charge in [0.2, 0.25) is 5.88 Å². The first-order valence-electron chi connectivity index (χ1n) is 13.2. The molecule has 4 heterocycles. The monoisotopic (exact) mass is 562 g/mol. The van der Waals surface area contributed by atoms with Crippen LogP contribution in [0.2, 0.25) is 5.02 Å². The molecule has 8 nitrogen and oxygen atoms in total. The highest BCUT2D eigenvalue weighted by Crippen LogP contribution is 2.30. The Morgan fingerprint density at radius 3 is 2.83 bits per heavy atom. The van der Waals surface area contributed by atoms with Gasteiger partial charge in [-0.2, -0.15) is 0 Å². The summed E-state index contributed by atoms with van der Waals surface area (Å²) >= 11 is 5.86. The first-order valence-corrected chi connectivity index (χ1v) is 13.6. The Hall–Kier alpha value is -3.79. The quantitative estimate of drug-likeness (QED) is 0.285. The minimum absolute atomic E-state index is 0.0525. The summed E-state index contributed by atoms with van der Waals surface area (Å²) in [7, 11) is 0. The van der Waals surface area contributed by atoms with E-state index in [2.05, 4.69) is 20.5 Å². The van der Waals surface area contributed by atoms with Crippen LogP contribution in [0.1, 0.15) is 40.2 Å². The number of benzene rings is 2. The van der Waals surface area contributed by atoms with E-state index >= 15 is 0 Å². The molecule has 0 bridgehead atoms. The Balaban J connectivity index is 1.18. The number of hydrogen-bond acceptors (Lipinski definition) is 6. The van der Waals surface area contributed by atoms with Gasteiger partial charge in [-0.3, -0.25) is 4.90 Å². The second-order valence-electron chi connectivity index (χ2n) is 10.0. The molecule has 0 amide bonds. The molecule has 6 rings (SSSR count). The van der Waals surface area contributed by atoms with Crippen LogP contribution in [-0.2, 0) is 24.4 Å². The van der Waals surface area contributed by atoms with Crippen LogP contribution < -0.4 is 4.74 Å². The molecule has 4 aromatic rings. The Labute approximate surface area is 235 Å². The van der Waals surface area contributed by atoms with E-state index in [-0.39, 0.29) is 18.3 Å². The van der Waals surface area contributed by atoms with Crippen LogP contribution in [-0.4, -0.2) is 56.3 Å². The molecule has 2 aliphatic rings. The van der Waals surface area contributed by atoms with Gasteiger partial charge in [-0.15, -0.1) is 0 Å². The summed E-state index contributed by atoms with van der Waals surface area (Å²) in [6, 6.07) is 13.4. The van der Waals surface area contributed by atoms with E-state index in [0.717, 1.165) is 54.0 Å². The third kappa shape index (κ3) is 5.58. The third-order valence-electron chi connectivity index (χ3n) is 7.41. The number of aromatic carboxylic acids is 1. The highest BCUT2D eigenvalue weighted by molar-refractivity contribution is 6.30. The summed E-state index contributed by atoms with van der Waals surface area (Å²) in [5, 5.41) is 9.83. The number of ether oxygens (including phenoxy) is 2. The first-order chi connectivity index (χ1) is 19.4. The third-order valence-corrected chi connectivity index (χ3v) is 7.64. The van der Waals surface area contributed by atoms with Crippen molar-refractivity contribution in [2.24, 2.45) is 0 Å². The molecule has 1 N–H and O–H groups in total. The maximum absolute atomic E-state index is 14.2. The number of carboxylic acid groups (broad SMARTS) is 1. The van der Waals surface area contributed by atoms with E-state index in [0.29, 0.717) is 36.1 Å². The van der Waals surface area contributed by atoms with E-state index in [9.17, 15) is 14.3 Å². The average molecular weight is 563 g/mol. The van der Waals surface area contributed by atoms with Crippen molar-refractivity contribution >= 4 is 34.2 Å². The van der Waals surface area contributed by atoms with Crippen LogP contribution >= 0.6 is 11.6 Å². The van der Waals surface area contributed by atoms with Gasteiger partial charge in [0.15, 0.2) is 0 Å². The molecule has 1 fully saturated rings. The molecule has 206 valence electrons. The number of pyridine rings is 1. The minimum Gasteiger partial charge on any atom is -0.478 e. The molecule has 10 heteroatoms. The Morgan fingerprint density at radius 1 is 1.23 bits per heavy atom. The molecule has 0 radical (unpaired) electrons. The van der Waals surface area contributed by atoms with Crippen molar-refractivity contribution in [3.63, 3.8) is 0 Å². The number of halogens is 2. The van der Waals surface area contributed by atoms with Crippen LogP contribution in [0.15, 0.2) is 60.8 Å². The lowest BCUT2D eigenvalue weighted by Gasteiger charge is -2.29. The number of rotatable bonds is 9. The standard InChI is InChI=1S/C30H28ClFN4O4/c31-22-5-3-21(25(32)15-22)18-40-29-24(2-1-10-33-29)19-7-11-35(12-8-19)17-28-34-26-6-4-20(30(37)38)14-27(26)36(28)16-23-9-13-39-23/h1-7,10,14-15,23H,8-9,11-13,16-18H2,(H,37,38). The molecule has 40 heavy (non-hydrogen) atoms. The van der Waals surface area contributed by atoms with Gasteiger partial charge in [0, 0.05) is 42.0 Å². The maximum atomic E-state index is 14.2. The van der Waals surface area contributed by atoms with Crippen LogP contribution in [0, 0.1) is 5.82 Å². The van der Waals surface area contributed by atoms with Crippen molar-refractivity contribution in [1.82, 2.24) is 19.4 Å². The summed E-state index contributed by atoms with van der Waals surface area (Å²) in [6.07, 6.45) is 5.71. The van der Waals surface area contributed by atoms with Gasteiger partial charge >= 0.3 is 5.97 Å². The number of carbonyl (C=O) groups is 1. The van der Waals surface area contributed by atoms with E-state index < -0.39 is 11.8 Å². The molecule has 1 unspecified atom stereocenters. The normalized spacial score (nSPS) is 17.4. The average Bonchev–Trinajstić information content (AvgIpc) is 3.26. The molecule has 2 aromatic heterocycles. The number of hydrogen-bond donors (Lipinski definition) is 1. The van der Waals surface area contributed by atoms with E-state index in [1.54, 1.807) is 36.5 Å². The van der Waals surface area contributed by atoms with Crippen LogP contribution in [0.25, 0.3) is 16.6 Å². The predicted octanol–water partition coefficient (Wildman–Crippen LogP) is 5.58. The highest BCUT2D eigenvalue weighted by atomic mass is 35.5. The van der Waals surface area contributed by atoms with Crippen molar-refractivity contribution in [2.45, 2.75) is 38.6 Å². The summed E-state index contributed by atoms with van der Waals surface area (Å²) < 4.78 is 27.9. The zero-order valence-corrected chi connectivity index (χ0v) is 22.5. The number of aromatic nitrogens is 3. The van der Waals surface area contributed by atoms with Crippen molar-refractivity contribution in [3.05, 3.63) is 94.2 Å². The Bertz CT molecular complexity index is 1600. The molecular formula is C30H28ClFN4O4. The lowest BCUT2D eigenvalue weighted by molar-refractivity contribution is -0.0591. The summed E-state index contributed by atoms with van der Waals surface area (Å²) in [4.78, 5) is 23.1. The second kappa shape index (κ2) is 11.4. The first kappa shape index (κ1) is 26.4. The van der Waals surface area contributed by atoms with E-state index in [4.69, 9.17) is 26.1 Å². The van der Waals surface area contributed by atoms with E-state index in [1.165, 1.54) is 6.07 Å². The summed E-state index contributed by atoms with van der Waals surface area (Å²) in [5.74, 6) is -0.0122. The fourth-order valence-electron chi connectivity index (χ4n) is 5.10. The minimum atomic E-state index is -0.957. The van der Waals surface area contributed by atoms with E-state index in [1.807, 2.05) is 12.1 Å². The lowest BCUT2D eigenvalue weighted by Crippen LogP contribution is -2.33. The molecular weight excluding hydrogens is 535 g/mol. The van der Waals surface area contributed by atoms with Crippen molar-refractivity contribution in [2.75, 3.05) is 19.7 Å². The van der Waals surface area contributed by atoms with Gasteiger partial charge in [0.1, 0.15) is 18.2 Å². The van der Waals surface area contributed by atoms with Gasteiger partial charge < -0.3 is 19.1 Å². The van der Waals surface area contributed by atoms with Crippen molar-refractivity contribution in [1.29, 1.82) is 0 Å². The summed E-state index contributed by atoms with van der Waals surface area (Å²) in [5.41, 5.74) is 4.27. The van der Waals surface area contributed by atoms with Gasteiger partial charge in [-0.1, -0.05) is 23.7 Å². The summed E-state index contributed by atoms with van der Waals surface area (Å²) in [6.45, 7) is 3.58. The van der Waals surface area contributed by atoms with Crippen LogP contribution in [0.4, 0.5) is 4.39 Å². The SMILES string of the molecule is O=C(O)c1ccc2nc(CN3CC=C(c4cccnc4OCc4ccc(Cl)cc4F)CC3)n(CC3CCO3)c2c1. The largest absolute Gasteiger partial charge is 0.478 e. The van der Waals surface area contributed by atoms with Crippen LogP contribution in [0.5, 0.6) is 5.88 Å². The van der Waals surface area contributed by atoms with Crippen molar-refractivity contribution in [3.8, 4) is 5.88 Å². The number of fused-ring (bicyclic) bond motifs is 1. The second-order valence-corrected chi connectivity index (χ2v) is 10.5. The molecule has 1 saturated heterocycles. The van der Waals surface area contributed by atoms with Gasteiger partial charge in [0.05, 0.1) is 35.8 Å². The van der Waals surface area contributed by atoms with Crippen LogP contribution in [0.3, 0.4) is 0 Å². The Morgan fingerprint density at radius 2 is 2.10 bits per heavy atom. The fraction of sp³-hybridized carbons (Fsp3) is 0.300. The Kier molecular flexibility index (Phi) is 7.51. The zero-order valence-electron chi connectivity index (χ0n) is 21.7. The molecule has 0 spiro atoms. The van der Waals surface area contributed by atoms with Gasteiger partial charge in [-0.25, -0.2) is 19.2 Å². The molecule has 2 aliphatic heterocycles. The fourth-order valence-corrected chi connectivity index (χ4v) is 5.26. The van der Waals surface area contributed by atoms with Gasteiger partial charge in [0.25, 0.3) is 0 Å². The molecule has 1 atom stereocenters. The molecule has 0 aliphatic carbocycles. The number of carboxylic acids is 1. The topological polar surface area (TPSA) is 89.7 Å². The highest BCUT2D eigenvalue weighted by Gasteiger charge is 2.24. The molecule has 2 aromatic carbocycles. The van der Waals surface area contributed by atoms with Gasteiger partial charge in [-0.05, 0) is 60.9 Å². The maximum Gasteiger partial charge on any atom is 0.335 e. The molecule has 0 saturated carbocycles. The number of nitrogens with zero attached hydrogens (tertiary/aromatic N) is 4. The smallest absolute Gasteiger partial charge is 0.335 e. The zero-order chi connectivity index (χ0) is 27.6. The van der Waals surface area contributed by atoms with Crippen molar-refractivity contribution < 1.29 is 23.8 Å². The predicted molar refractivity (Wildman–Crippen MR) is 149 cm³/mol.